The summed E-state index contributed by atoms with van der Waals surface area (Å²) in [6, 6.07) is 30.5. The first kappa shape index (κ1) is 27.1. The lowest BCUT2D eigenvalue weighted by molar-refractivity contribution is -0.139. The number of carbonyl (C=O) groups excluding carboxylic acids is 2. The van der Waals surface area contributed by atoms with Gasteiger partial charge in [0.1, 0.15) is 5.75 Å². The van der Waals surface area contributed by atoms with E-state index in [0.29, 0.717) is 36.5 Å². The molecule has 2 fully saturated rings. The first-order chi connectivity index (χ1) is 21.0. The lowest BCUT2D eigenvalue weighted by atomic mass is 9.42. The van der Waals surface area contributed by atoms with Crippen LogP contribution in [0.4, 0.5) is 0 Å². The van der Waals surface area contributed by atoms with Crippen molar-refractivity contribution in [1.82, 2.24) is 15.2 Å². The van der Waals surface area contributed by atoms with Crippen molar-refractivity contribution >= 4 is 17.4 Å². The molecule has 4 aliphatic rings. The van der Waals surface area contributed by atoms with Crippen LogP contribution >= 0.6 is 0 Å². The van der Waals surface area contributed by atoms with E-state index in [1.54, 1.807) is 19.5 Å². The van der Waals surface area contributed by atoms with Gasteiger partial charge in [0.15, 0.2) is 0 Å². The molecule has 2 heterocycles. The fraction of sp³-hybridized carbons (Fsp3) is 0.270. The maximum Gasteiger partial charge on any atom is 0.254 e. The molecular formula is C37H35N3O3. The summed E-state index contributed by atoms with van der Waals surface area (Å²) >= 11 is 0. The quantitative estimate of drug-likeness (QED) is 0.288. The number of pyridine rings is 1. The van der Waals surface area contributed by atoms with E-state index in [1.165, 1.54) is 16.7 Å². The van der Waals surface area contributed by atoms with Crippen LogP contribution in [0, 0.1) is 11.3 Å². The number of hydrogen-bond acceptors (Lipinski definition) is 4. The van der Waals surface area contributed by atoms with Gasteiger partial charge in [-0.05, 0) is 47.2 Å². The topological polar surface area (TPSA) is 71.5 Å². The Balaban J connectivity index is 1.35. The first-order valence-electron chi connectivity index (χ1n) is 14.9. The minimum absolute atomic E-state index is 0.000865. The third kappa shape index (κ3) is 4.03. The predicted octanol–water partition coefficient (Wildman–Crippen LogP) is 5.74. The Morgan fingerprint density at radius 1 is 1.00 bits per heavy atom. The average molecular weight is 570 g/mol. The molecule has 2 bridgehead atoms. The molecule has 8 rings (SSSR count). The Morgan fingerprint density at radius 3 is 2.56 bits per heavy atom. The number of aromatic nitrogens is 1. The number of ether oxygens (including phenoxy) is 1. The van der Waals surface area contributed by atoms with E-state index in [0.717, 1.165) is 18.4 Å². The van der Waals surface area contributed by atoms with Crippen LogP contribution in [0.5, 0.6) is 5.75 Å². The molecule has 1 N–H and O–H groups in total. The molecule has 216 valence electrons. The van der Waals surface area contributed by atoms with Crippen LogP contribution in [0.2, 0.25) is 0 Å². The Labute approximate surface area is 252 Å². The molecule has 3 aliphatic carbocycles. The van der Waals surface area contributed by atoms with Crippen LogP contribution in [-0.2, 0) is 21.5 Å². The zero-order valence-corrected chi connectivity index (χ0v) is 24.3. The zero-order chi connectivity index (χ0) is 29.6. The van der Waals surface area contributed by atoms with Crippen LogP contribution in [0.3, 0.4) is 0 Å². The highest BCUT2D eigenvalue weighted by molar-refractivity contribution is 6.19. The van der Waals surface area contributed by atoms with Gasteiger partial charge in [-0.25, -0.2) is 0 Å². The number of nitrogens with one attached hydrogen (secondary N) is 1. The van der Waals surface area contributed by atoms with E-state index in [-0.39, 0.29) is 23.7 Å². The number of para-hydroxylation sites is 1. The summed E-state index contributed by atoms with van der Waals surface area (Å²) in [4.78, 5) is 35.1. The fourth-order valence-corrected chi connectivity index (χ4v) is 8.42. The molecule has 0 unspecified atom stereocenters. The number of fused-ring (bicyclic) bond motifs is 1. The maximum atomic E-state index is 14.7. The average Bonchev–Trinajstić information content (AvgIpc) is 3.51. The summed E-state index contributed by atoms with van der Waals surface area (Å²) in [6.07, 6.45) is 5.31. The van der Waals surface area contributed by atoms with Crippen molar-refractivity contribution < 1.29 is 14.3 Å². The Bertz CT molecular complexity index is 1700. The van der Waals surface area contributed by atoms with Gasteiger partial charge < -0.3 is 15.0 Å². The number of carbonyl (C=O) groups is 2. The lowest BCUT2D eigenvalue weighted by Crippen LogP contribution is -2.62. The van der Waals surface area contributed by atoms with E-state index in [9.17, 15) is 9.59 Å². The van der Waals surface area contributed by atoms with E-state index in [4.69, 9.17) is 4.74 Å². The van der Waals surface area contributed by atoms with Crippen LogP contribution < -0.4 is 10.1 Å². The van der Waals surface area contributed by atoms with Crippen LogP contribution in [0.1, 0.15) is 46.6 Å². The minimum Gasteiger partial charge on any atom is -0.496 e. The predicted molar refractivity (Wildman–Crippen MR) is 166 cm³/mol. The van der Waals surface area contributed by atoms with Gasteiger partial charge in [-0.3, -0.25) is 14.6 Å². The molecule has 6 heteroatoms. The van der Waals surface area contributed by atoms with Crippen molar-refractivity contribution in [1.29, 1.82) is 0 Å². The second-order valence-corrected chi connectivity index (χ2v) is 12.0. The zero-order valence-electron chi connectivity index (χ0n) is 24.3. The monoisotopic (exact) mass is 569 g/mol. The number of likely N-dealkylation sites (tertiary alicyclic amines) is 1. The van der Waals surface area contributed by atoms with Gasteiger partial charge in [0.2, 0.25) is 5.91 Å². The van der Waals surface area contributed by atoms with Crippen molar-refractivity contribution in [2.75, 3.05) is 20.2 Å². The standard InChI is InChI=1S/C37H35N3O3/c1-25(28-14-7-9-17-32(28)43-2)34(41)40-23-33-36(27-12-4-3-5-13-27)19-18-31(29-15-6-8-16-30(29)36)37(33,24-40)35(42)39-22-26-11-10-20-38-21-26/h3-17,20-21,31,33H,1,18-19,22-24H2,2H3,(H,39,42)/t31-,33+,36-,37+/m1/s1. The van der Waals surface area contributed by atoms with E-state index in [2.05, 4.69) is 65.4 Å². The lowest BCUT2D eigenvalue weighted by Gasteiger charge is -2.60. The van der Waals surface area contributed by atoms with Crippen molar-refractivity contribution in [3.63, 3.8) is 0 Å². The van der Waals surface area contributed by atoms with Gasteiger partial charge in [-0.1, -0.05) is 85.4 Å². The maximum absolute atomic E-state index is 14.7. The molecule has 4 aromatic rings. The summed E-state index contributed by atoms with van der Waals surface area (Å²) in [5.74, 6) is 0.323. The molecule has 3 aromatic carbocycles. The Hall–Kier alpha value is -4.71. The third-order valence-electron chi connectivity index (χ3n) is 10.2. The molecule has 0 spiro atoms. The van der Waals surface area contributed by atoms with Gasteiger partial charge in [0, 0.05) is 60.4 Å². The molecule has 43 heavy (non-hydrogen) atoms. The second-order valence-electron chi connectivity index (χ2n) is 12.0. The van der Waals surface area contributed by atoms with Crippen molar-refractivity contribution in [3.8, 4) is 5.75 Å². The smallest absolute Gasteiger partial charge is 0.254 e. The van der Waals surface area contributed by atoms with Gasteiger partial charge >= 0.3 is 0 Å². The van der Waals surface area contributed by atoms with Crippen molar-refractivity contribution in [3.05, 3.63) is 138 Å². The Morgan fingerprint density at radius 2 is 1.77 bits per heavy atom. The molecule has 1 aromatic heterocycles. The number of rotatable bonds is 7. The summed E-state index contributed by atoms with van der Waals surface area (Å²) in [5, 5.41) is 3.29. The number of nitrogens with zero attached hydrogens (tertiary/aromatic N) is 2. The van der Waals surface area contributed by atoms with Gasteiger partial charge in [0.05, 0.1) is 12.5 Å². The second kappa shape index (κ2) is 10.5. The van der Waals surface area contributed by atoms with Crippen LogP contribution in [0.15, 0.2) is 110 Å². The van der Waals surface area contributed by atoms with Gasteiger partial charge in [-0.2, -0.15) is 0 Å². The number of amides is 2. The number of benzene rings is 3. The van der Waals surface area contributed by atoms with Crippen molar-refractivity contribution in [2.45, 2.75) is 30.7 Å². The summed E-state index contributed by atoms with van der Waals surface area (Å²) in [5.41, 5.74) is 4.50. The first-order valence-corrected chi connectivity index (χ1v) is 14.9. The molecule has 1 saturated carbocycles. The molecule has 2 amide bonds. The third-order valence-corrected chi connectivity index (χ3v) is 10.2. The SMILES string of the molecule is C=C(C(=O)N1C[C@H]2[C@@]3(c4ccccc4)CC[C@H](c4ccccc43)[C@@]2(C(=O)NCc2cccnc2)C1)c1ccccc1OC. The molecule has 6 nitrogen and oxygen atoms in total. The Kier molecular flexibility index (Phi) is 6.65. The minimum atomic E-state index is -0.804. The van der Waals surface area contributed by atoms with Gasteiger partial charge in [0.25, 0.3) is 5.91 Å². The highest BCUT2D eigenvalue weighted by Crippen LogP contribution is 2.69. The fourth-order valence-electron chi connectivity index (χ4n) is 8.42. The molecule has 4 atom stereocenters. The number of hydrogen-bond donors (Lipinski definition) is 1. The summed E-state index contributed by atoms with van der Waals surface area (Å²) < 4.78 is 5.57. The van der Waals surface area contributed by atoms with Crippen molar-refractivity contribution in [2.24, 2.45) is 11.3 Å². The summed E-state index contributed by atoms with van der Waals surface area (Å²) in [7, 11) is 1.60. The van der Waals surface area contributed by atoms with E-state index < -0.39 is 10.8 Å². The highest BCUT2D eigenvalue weighted by Gasteiger charge is 2.70. The van der Waals surface area contributed by atoms with Crippen LogP contribution in [-0.4, -0.2) is 41.9 Å². The van der Waals surface area contributed by atoms with E-state index >= 15 is 0 Å². The van der Waals surface area contributed by atoms with E-state index in [1.807, 2.05) is 47.4 Å². The summed E-state index contributed by atoms with van der Waals surface area (Å²) in [6.45, 7) is 5.41. The normalized spacial score (nSPS) is 25.0. The molecular weight excluding hydrogens is 534 g/mol. The highest BCUT2D eigenvalue weighted by atomic mass is 16.5. The van der Waals surface area contributed by atoms with Crippen LogP contribution in [0.25, 0.3) is 5.57 Å². The largest absolute Gasteiger partial charge is 0.496 e. The molecule has 1 aliphatic heterocycles. The van der Waals surface area contributed by atoms with Gasteiger partial charge in [-0.15, -0.1) is 0 Å². The molecule has 1 saturated heterocycles. The molecule has 0 radical (unpaired) electrons. The number of methoxy groups -OCH3 is 1.